The first kappa shape index (κ1) is 14.6. The first-order chi connectivity index (χ1) is 10.7. The van der Waals surface area contributed by atoms with Crippen molar-refractivity contribution in [1.29, 1.82) is 0 Å². The average molecular weight is 354 g/mol. The Labute approximate surface area is 142 Å². The molecule has 22 heavy (non-hydrogen) atoms. The molecule has 3 aliphatic rings. The van der Waals surface area contributed by atoms with Crippen molar-refractivity contribution in [3.63, 3.8) is 0 Å². The van der Waals surface area contributed by atoms with Crippen molar-refractivity contribution in [3.8, 4) is 9.88 Å². The van der Waals surface area contributed by atoms with Crippen molar-refractivity contribution >= 4 is 40.2 Å². The number of amides is 1. The standard InChI is InChI=1S/C15H16ClN3OS2/c16-13-8-21-15(18-13)12-2-1-11(22-12)14(20)17-10-7-19-5-3-9(10)4-6-19/h1-2,8-10H,3-7H2,(H,17,20)/t10-/m0/s1. The lowest BCUT2D eigenvalue weighted by atomic mass is 9.84. The van der Waals surface area contributed by atoms with E-state index in [1.807, 2.05) is 17.5 Å². The number of fused-ring (bicyclic) bond motifs is 3. The quantitative estimate of drug-likeness (QED) is 0.920. The summed E-state index contributed by atoms with van der Waals surface area (Å²) in [6.45, 7) is 3.37. The number of piperidine rings is 3. The predicted octanol–water partition coefficient (Wildman–Crippen LogP) is 3.35. The van der Waals surface area contributed by atoms with Gasteiger partial charge < -0.3 is 10.2 Å². The molecular formula is C15H16ClN3OS2. The van der Waals surface area contributed by atoms with E-state index in [9.17, 15) is 4.79 Å². The Morgan fingerprint density at radius 2 is 2.18 bits per heavy atom. The Bertz CT molecular complexity index is 691. The first-order valence-electron chi connectivity index (χ1n) is 7.43. The molecule has 1 atom stereocenters. The molecule has 3 aliphatic heterocycles. The molecule has 0 aliphatic carbocycles. The van der Waals surface area contributed by atoms with Gasteiger partial charge in [-0.25, -0.2) is 4.98 Å². The second kappa shape index (κ2) is 5.92. The summed E-state index contributed by atoms with van der Waals surface area (Å²) in [6.07, 6.45) is 2.41. The highest BCUT2D eigenvalue weighted by atomic mass is 35.5. The van der Waals surface area contributed by atoms with Crippen LogP contribution in [0.3, 0.4) is 0 Å². The van der Waals surface area contributed by atoms with Crippen LogP contribution in [0.25, 0.3) is 9.88 Å². The van der Waals surface area contributed by atoms with E-state index in [-0.39, 0.29) is 5.91 Å². The SMILES string of the molecule is O=C(N[C@H]1CN2CCC1CC2)c1ccc(-c2nc(Cl)cs2)s1. The topological polar surface area (TPSA) is 45.2 Å². The highest BCUT2D eigenvalue weighted by Crippen LogP contribution is 2.32. The van der Waals surface area contributed by atoms with Crippen molar-refractivity contribution in [2.75, 3.05) is 19.6 Å². The fourth-order valence-corrected chi connectivity index (χ4v) is 5.24. The van der Waals surface area contributed by atoms with Gasteiger partial charge in [-0.3, -0.25) is 4.79 Å². The van der Waals surface area contributed by atoms with Crippen molar-refractivity contribution in [2.24, 2.45) is 5.92 Å². The molecule has 0 spiro atoms. The van der Waals surface area contributed by atoms with E-state index in [0.29, 0.717) is 17.1 Å². The zero-order chi connectivity index (χ0) is 15.1. The summed E-state index contributed by atoms with van der Waals surface area (Å²) in [5.41, 5.74) is 0. The highest BCUT2D eigenvalue weighted by Gasteiger charge is 2.35. The molecule has 1 amide bonds. The second-order valence-corrected chi connectivity index (χ2v) is 8.19. The van der Waals surface area contributed by atoms with E-state index in [2.05, 4.69) is 15.2 Å². The summed E-state index contributed by atoms with van der Waals surface area (Å²) in [5.74, 6) is 0.684. The van der Waals surface area contributed by atoms with Gasteiger partial charge in [0.1, 0.15) is 10.2 Å². The van der Waals surface area contributed by atoms with E-state index in [1.165, 1.54) is 48.6 Å². The molecule has 2 bridgehead atoms. The Morgan fingerprint density at radius 3 is 2.82 bits per heavy atom. The number of aromatic nitrogens is 1. The number of nitrogens with zero attached hydrogens (tertiary/aromatic N) is 2. The van der Waals surface area contributed by atoms with Crippen LogP contribution in [0.5, 0.6) is 0 Å². The van der Waals surface area contributed by atoms with E-state index in [0.717, 1.165) is 21.3 Å². The minimum Gasteiger partial charge on any atom is -0.347 e. The van der Waals surface area contributed by atoms with Crippen LogP contribution in [0.15, 0.2) is 17.5 Å². The van der Waals surface area contributed by atoms with Gasteiger partial charge >= 0.3 is 0 Å². The third kappa shape index (κ3) is 2.80. The third-order valence-corrected chi connectivity index (χ3v) is 6.91. The molecule has 5 heterocycles. The summed E-state index contributed by atoms with van der Waals surface area (Å²) < 4.78 is 0. The fourth-order valence-electron chi connectivity index (χ4n) is 3.31. The minimum atomic E-state index is 0.0395. The number of carbonyl (C=O) groups excluding carboxylic acids is 1. The fraction of sp³-hybridized carbons (Fsp3) is 0.467. The summed E-state index contributed by atoms with van der Waals surface area (Å²) in [4.78, 5) is 20.9. The van der Waals surface area contributed by atoms with Gasteiger partial charge in [-0.2, -0.15) is 0 Å². The predicted molar refractivity (Wildman–Crippen MR) is 90.9 cm³/mol. The molecule has 0 unspecified atom stereocenters. The Morgan fingerprint density at radius 1 is 1.36 bits per heavy atom. The van der Waals surface area contributed by atoms with Gasteiger partial charge in [-0.05, 0) is 44.0 Å². The van der Waals surface area contributed by atoms with Crippen LogP contribution in [0, 0.1) is 5.92 Å². The monoisotopic (exact) mass is 353 g/mol. The Kier molecular flexibility index (Phi) is 3.94. The van der Waals surface area contributed by atoms with Crippen LogP contribution >= 0.6 is 34.3 Å². The van der Waals surface area contributed by atoms with Crippen LogP contribution in [-0.2, 0) is 0 Å². The number of rotatable bonds is 3. The van der Waals surface area contributed by atoms with Crippen molar-refractivity contribution in [1.82, 2.24) is 15.2 Å². The number of thiazole rings is 1. The Hall–Kier alpha value is -0.950. The molecule has 5 rings (SSSR count). The molecule has 1 N–H and O–H groups in total. The molecule has 4 nitrogen and oxygen atoms in total. The lowest BCUT2D eigenvalue weighted by Crippen LogP contribution is -2.57. The molecule has 3 fully saturated rings. The third-order valence-electron chi connectivity index (χ3n) is 4.49. The number of hydrogen-bond acceptors (Lipinski definition) is 5. The van der Waals surface area contributed by atoms with E-state index in [4.69, 9.17) is 11.6 Å². The molecule has 2 aromatic heterocycles. The number of thiophene rings is 1. The molecule has 0 aromatic carbocycles. The minimum absolute atomic E-state index is 0.0395. The molecule has 116 valence electrons. The van der Waals surface area contributed by atoms with Crippen molar-refractivity contribution in [2.45, 2.75) is 18.9 Å². The van der Waals surface area contributed by atoms with Crippen LogP contribution < -0.4 is 5.32 Å². The van der Waals surface area contributed by atoms with Gasteiger partial charge in [-0.15, -0.1) is 22.7 Å². The molecule has 2 aromatic rings. The molecule has 0 saturated carbocycles. The zero-order valence-electron chi connectivity index (χ0n) is 11.9. The largest absolute Gasteiger partial charge is 0.347 e. The first-order valence-corrected chi connectivity index (χ1v) is 9.51. The summed E-state index contributed by atoms with van der Waals surface area (Å²) in [7, 11) is 0. The Balaban J connectivity index is 1.46. The number of hydrogen-bond donors (Lipinski definition) is 1. The van der Waals surface area contributed by atoms with E-state index < -0.39 is 0 Å². The second-order valence-electron chi connectivity index (χ2n) is 5.86. The van der Waals surface area contributed by atoms with Gasteiger partial charge in [0.15, 0.2) is 0 Å². The maximum Gasteiger partial charge on any atom is 0.261 e. The summed E-state index contributed by atoms with van der Waals surface area (Å²) in [6, 6.07) is 4.13. The van der Waals surface area contributed by atoms with Gasteiger partial charge in [0.25, 0.3) is 5.91 Å². The molecule has 0 radical (unpaired) electrons. The van der Waals surface area contributed by atoms with Crippen LogP contribution in [0.4, 0.5) is 0 Å². The zero-order valence-corrected chi connectivity index (χ0v) is 14.3. The van der Waals surface area contributed by atoms with Gasteiger partial charge in [0.05, 0.1) is 9.75 Å². The maximum atomic E-state index is 12.5. The smallest absolute Gasteiger partial charge is 0.261 e. The van der Waals surface area contributed by atoms with E-state index >= 15 is 0 Å². The van der Waals surface area contributed by atoms with Gasteiger partial charge in [-0.1, -0.05) is 11.6 Å². The summed E-state index contributed by atoms with van der Waals surface area (Å²) in [5, 5.41) is 6.41. The average Bonchev–Trinajstić information content (AvgIpc) is 3.17. The molecule has 3 saturated heterocycles. The number of halogens is 1. The molecule has 7 heteroatoms. The van der Waals surface area contributed by atoms with Crippen LogP contribution in [0.2, 0.25) is 5.15 Å². The van der Waals surface area contributed by atoms with Crippen LogP contribution in [0.1, 0.15) is 22.5 Å². The molecular weight excluding hydrogens is 338 g/mol. The maximum absolute atomic E-state index is 12.5. The summed E-state index contributed by atoms with van der Waals surface area (Å²) >= 11 is 8.85. The number of nitrogens with one attached hydrogen (secondary N) is 1. The number of carbonyl (C=O) groups is 1. The van der Waals surface area contributed by atoms with Crippen molar-refractivity contribution in [3.05, 3.63) is 27.5 Å². The normalized spacial score (nSPS) is 27.0. The lowest BCUT2D eigenvalue weighted by Gasteiger charge is -2.44. The van der Waals surface area contributed by atoms with Crippen LogP contribution in [-0.4, -0.2) is 41.5 Å². The lowest BCUT2D eigenvalue weighted by molar-refractivity contribution is 0.0622. The van der Waals surface area contributed by atoms with Crippen molar-refractivity contribution < 1.29 is 4.79 Å². The van der Waals surface area contributed by atoms with Gasteiger partial charge in [0, 0.05) is 18.0 Å². The van der Waals surface area contributed by atoms with Gasteiger partial charge in [0.2, 0.25) is 0 Å². The highest BCUT2D eigenvalue weighted by molar-refractivity contribution is 7.22. The van der Waals surface area contributed by atoms with E-state index in [1.54, 1.807) is 0 Å².